The normalized spacial score (nSPS) is 14.7. The summed E-state index contributed by atoms with van der Waals surface area (Å²) < 4.78 is 26.4. The van der Waals surface area contributed by atoms with E-state index in [9.17, 15) is 8.42 Å². The van der Waals surface area contributed by atoms with Crippen LogP contribution in [0.25, 0.3) is 22.4 Å². The topological polar surface area (TPSA) is 114 Å². The molecule has 0 atom stereocenters. The number of likely N-dealkylation sites (tertiary alicyclic amines) is 1. The van der Waals surface area contributed by atoms with E-state index in [0.29, 0.717) is 22.4 Å². The molecule has 36 heavy (non-hydrogen) atoms. The van der Waals surface area contributed by atoms with Gasteiger partial charge in [-0.25, -0.2) is 23.4 Å². The highest BCUT2D eigenvalue weighted by molar-refractivity contribution is 7.91. The van der Waals surface area contributed by atoms with Crippen LogP contribution in [-0.2, 0) is 9.84 Å². The van der Waals surface area contributed by atoms with Crippen LogP contribution in [-0.4, -0.2) is 53.7 Å². The summed E-state index contributed by atoms with van der Waals surface area (Å²) in [4.78, 5) is 15.7. The van der Waals surface area contributed by atoms with Crippen LogP contribution in [0.3, 0.4) is 0 Å². The molecule has 1 saturated heterocycles. The quantitative estimate of drug-likeness (QED) is 0.322. The first-order valence-corrected chi connectivity index (χ1v) is 14.4. The zero-order valence-electron chi connectivity index (χ0n) is 19.8. The maximum Gasteiger partial charge on any atom is 0.227 e. The van der Waals surface area contributed by atoms with Crippen LogP contribution in [0, 0.1) is 0 Å². The molecule has 0 saturated carbocycles. The van der Waals surface area contributed by atoms with Crippen LogP contribution >= 0.6 is 11.3 Å². The van der Waals surface area contributed by atoms with E-state index < -0.39 is 9.84 Å². The van der Waals surface area contributed by atoms with E-state index >= 15 is 0 Å². The van der Waals surface area contributed by atoms with E-state index in [2.05, 4.69) is 25.2 Å². The van der Waals surface area contributed by atoms with E-state index in [-0.39, 0.29) is 5.75 Å². The van der Waals surface area contributed by atoms with Gasteiger partial charge in [0.2, 0.25) is 5.95 Å². The maximum absolute atomic E-state index is 12.7. The Labute approximate surface area is 214 Å². The number of hydrogen-bond donors (Lipinski definition) is 2. The van der Waals surface area contributed by atoms with E-state index in [1.165, 1.54) is 24.2 Å². The smallest absolute Gasteiger partial charge is 0.227 e. The number of benzene rings is 2. The van der Waals surface area contributed by atoms with Gasteiger partial charge in [-0.2, -0.15) is 0 Å². The molecule has 0 aliphatic carbocycles. The lowest BCUT2D eigenvalue weighted by Gasteiger charge is -2.14. The Kier molecular flexibility index (Phi) is 7.26. The molecule has 2 aromatic carbocycles. The number of nitrogens with zero attached hydrogens (tertiary/aromatic N) is 4. The Hall–Kier alpha value is -3.34. The highest BCUT2D eigenvalue weighted by Gasteiger charge is 2.16. The largest absolute Gasteiger partial charge is 0.375 e. The molecular formula is C26H28N6O2S2. The third-order valence-electron chi connectivity index (χ3n) is 6.12. The average Bonchev–Trinajstić information content (AvgIpc) is 3.52. The summed E-state index contributed by atoms with van der Waals surface area (Å²) >= 11 is 1.47. The first kappa shape index (κ1) is 24.4. The predicted octanol–water partition coefficient (Wildman–Crippen LogP) is 4.84. The number of nitrogens with one attached hydrogen (secondary N) is 1. The number of nitrogen functional groups attached to an aromatic ring is 1. The third kappa shape index (κ3) is 6.07. The fraction of sp³-hybridized carbons (Fsp3) is 0.269. The summed E-state index contributed by atoms with van der Waals surface area (Å²) in [7, 11) is -3.29. The van der Waals surface area contributed by atoms with Crippen LogP contribution in [0.5, 0.6) is 0 Å². The number of fused-ring (bicyclic) bond motifs is 1. The SMILES string of the molecule is Nc1nc2ccc(/C=C/c3cnc(Nc4ccc(S(=O)(=O)CCCN5CCCC5)cc4)nc3)cc2s1. The molecule has 0 unspecified atom stereocenters. The Morgan fingerprint density at radius 2 is 1.72 bits per heavy atom. The molecule has 0 amide bonds. The van der Waals surface area contributed by atoms with Gasteiger partial charge in [0.15, 0.2) is 15.0 Å². The van der Waals surface area contributed by atoms with E-state index in [1.54, 1.807) is 36.7 Å². The lowest BCUT2D eigenvalue weighted by Crippen LogP contribution is -2.22. The van der Waals surface area contributed by atoms with Crippen LogP contribution in [0.15, 0.2) is 59.8 Å². The summed E-state index contributed by atoms with van der Waals surface area (Å²) in [6, 6.07) is 12.8. The first-order valence-electron chi connectivity index (χ1n) is 11.9. The monoisotopic (exact) mass is 520 g/mol. The molecule has 2 aromatic heterocycles. The van der Waals surface area contributed by atoms with Gasteiger partial charge in [-0.1, -0.05) is 29.6 Å². The number of sulfone groups is 1. The number of thiazole rings is 1. The van der Waals surface area contributed by atoms with Crippen molar-refractivity contribution in [3.8, 4) is 0 Å². The van der Waals surface area contributed by atoms with Gasteiger partial charge in [0.25, 0.3) is 0 Å². The second kappa shape index (κ2) is 10.7. The van der Waals surface area contributed by atoms with Crippen LogP contribution in [0.4, 0.5) is 16.8 Å². The Morgan fingerprint density at radius 3 is 2.47 bits per heavy atom. The Morgan fingerprint density at radius 1 is 1.00 bits per heavy atom. The van der Waals surface area contributed by atoms with Gasteiger partial charge in [-0.15, -0.1) is 0 Å². The summed E-state index contributed by atoms with van der Waals surface area (Å²) in [5.41, 5.74) is 9.31. The number of nitrogens with two attached hydrogens (primary N) is 1. The molecule has 0 radical (unpaired) electrons. The molecule has 10 heteroatoms. The summed E-state index contributed by atoms with van der Waals surface area (Å²) in [6.07, 6.45) is 10.5. The van der Waals surface area contributed by atoms with Crippen molar-refractivity contribution in [2.75, 3.05) is 36.4 Å². The number of hydrogen-bond acceptors (Lipinski definition) is 9. The molecule has 3 heterocycles. The fourth-order valence-electron chi connectivity index (χ4n) is 4.22. The molecule has 0 bridgehead atoms. The van der Waals surface area contributed by atoms with Crippen LogP contribution in [0.1, 0.15) is 30.4 Å². The fourth-order valence-corrected chi connectivity index (χ4v) is 6.30. The zero-order valence-corrected chi connectivity index (χ0v) is 21.4. The van der Waals surface area contributed by atoms with Gasteiger partial charge < -0.3 is 16.0 Å². The van der Waals surface area contributed by atoms with Crippen LogP contribution < -0.4 is 11.1 Å². The van der Waals surface area contributed by atoms with Gasteiger partial charge in [0.05, 0.1) is 20.9 Å². The highest BCUT2D eigenvalue weighted by atomic mass is 32.2. The van der Waals surface area contributed by atoms with Gasteiger partial charge in [0.1, 0.15) is 0 Å². The molecule has 8 nitrogen and oxygen atoms in total. The molecule has 1 aliphatic rings. The molecule has 1 aliphatic heterocycles. The standard InChI is InChI=1S/C26H28N6O2S2/c27-25-31-23-11-6-19(16-24(23)35-25)4-5-20-17-28-26(29-18-20)30-21-7-9-22(10-8-21)36(33,34)15-3-14-32-12-1-2-13-32/h4-11,16-18H,1-3,12-15H2,(H2,27,31)(H,28,29,30)/b5-4+. The van der Waals surface area contributed by atoms with E-state index in [0.717, 1.165) is 46.7 Å². The minimum atomic E-state index is -3.29. The minimum Gasteiger partial charge on any atom is -0.375 e. The van der Waals surface area contributed by atoms with Crippen LogP contribution in [0.2, 0.25) is 0 Å². The van der Waals surface area contributed by atoms with Crippen molar-refractivity contribution in [1.82, 2.24) is 19.9 Å². The maximum atomic E-state index is 12.7. The Bertz CT molecular complexity index is 1460. The number of rotatable bonds is 9. The van der Waals surface area contributed by atoms with Crippen molar-refractivity contribution < 1.29 is 8.42 Å². The molecule has 0 spiro atoms. The number of aromatic nitrogens is 3. The average molecular weight is 521 g/mol. The highest BCUT2D eigenvalue weighted by Crippen LogP contribution is 2.25. The third-order valence-corrected chi connectivity index (χ3v) is 8.79. The van der Waals surface area contributed by atoms with Crippen molar-refractivity contribution in [2.45, 2.75) is 24.2 Å². The number of anilines is 3. The molecular weight excluding hydrogens is 492 g/mol. The van der Waals surface area contributed by atoms with E-state index in [1.807, 2.05) is 30.4 Å². The lowest BCUT2D eigenvalue weighted by molar-refractivity contribution is 0.340. The van der Waals surface area contributed by atoms with Crippen molar-refractivity contribution in [2.24, 2.45) is 0 Å². The second-order valence-corrected chi connectivity index (χ2v) is 12.0. The van der Waals surface area contributed by atoms with Gasteiger partial charge in [-0.3, -0.25) is 0 Å². The predicted molar refractivity (Wildman–Crippen MR) is 147 cm³/mol. The summed E-state index contributed by atoms with van der Waals surface area (Å²) in [5.74, 6) is 0.607. The summed E-state index contributed by atoms with van der Waals surface area (Å²) in [6.45, 7) is 3.01. The lowest BCUT2D eigenvalue weighted by atomic mass is 10.2. The minimum absolute atomic E-state index is 0.167. The van der Waals surface area contributed by atoms with Crippen molar-refractivity contribution >= 4 is 60.3 Å². The van der Waals surface area contributed by atoms with E-state index in [4.69, 9.17) is 5.73 Å². The molecule has 186 valence electrons. The van der Waals surface area contributed by atoms with Gasteiger partial charge in [-0.05, 0) is 80.9 Å². The van der Waals surface area contributed by atoms with Crippen molar-refractivity contribution in [3.63, 3.8) is 0 Å². The molecule has 5 rings (SSSR count). The molecule has 1 fully saturated rings. The molecule has 3 N–H and O–H groups in total. The zero-order chi connectivity index (χ0) is 25.0. The van der Waals surface area contributed by atoms with Crippen molar-refractivity contribution in [3.05, 3.63) is 66.0 Å². The molecule has 4 aromatic rings. The first-order chi connectivity index (χ1) is 17.4. The summed E-state index contributed by atoms with van der Waals surface area (Å²) in [5, 5.41) is 3.68. The van der Waals surface area contributed by atoms with Gasteiger partial charge >= 0.3 is 0 Å². The van der Waals surface area contributed by atoms with Gasteiger partial charge in [0, 0.05) is 23.6 Å². The second-order valence-electron chi connectivity index (χ2n) is 8.82. The van der Waals surface area contributed by atoms with Crippen molar-refractivity contribution in [1.29, 1.82) is 0 Å². The Balaban J connectivity index is 1.16.